The van der Waals surface area contributed by atoms with E-state index in [0.29, 0.717) is 17.9 Å². The lowest BCUT2D eigenvalue weighted by Crippen LogP contribution is -2.22. The van der Waals surface area contributed by atoms with Crippen LogP contribution in [0.4, 0.5) is 13.2 Å². The number of carbonyl (C=O) groups excluding carboxylic acids is 1. The van der Waals surface area contributed by atoms with Crippen molar-refractivity contribution in [3.05, 3.63) is 64.9 Å². The van der Waals surface area contributed by atoms with Crippen LogP contribution in [0.3, 0.4) is 0 Å². The van der Waals surface area contributed by atoms with E-state index >= 15 is 0 Å². The number of methoxy groups -OCH3 is 1. The number of alkyl halides is 3. The van der Waals surface area contributed by atoms with Gasteiger partial charge in [0.05, 0.1) is 17.7 Å². The first kappa shape index (κ1) is 22.4. The topological polar surface area (TPSA) is 70.8 Å². The molecule has 1 unspecified atom stereocenters. The minimum absolute atomic E-state index is 0.0887. The van der Waals surface area contributed by atoms with Gasteiger partial charge in [-0.1, -0.05) is 18.5 Å². The Balaban J connectivity index is 2.11. The third-order valence-corrected chi connectivity index (χ3v) is 4.09. The predicted molar refractivity (Wildman–Crippen MR) is 102 cm³/mol. The number of ether oxygens (including phenoxy) is 3. The van der Waals surface area contributed by atoms with E-state index in [9.17, 15) is 18.0 Å². The summed E-state index contributed by atoms with van der Waals surface area (Å²) in [6.45, 7) is 1.85. The highest BCUT2D eigenvalue weighted by atomic mass is 35.5. The predicted octanol–water partition coefficient (Wildman–Crippen LogP) is 5.32. The number of carbonyl (C=O) groups is 1. The monoisotopic (exact) mass is 429 g/mol. The molecule has 0 aliphatic heterocycles. The summed E-state index contributed by atoms with van der Waals surface area (Å²) in [5.41, 5.74) is 4.29. The summed E-state index contributed by atoms with van der Waals surface area (Å²) in [5, 5.41) is -0.160. The summed E-state index contributed by atoms with van der Waals surface area (Å²) in [7, 11) is 1.41. The molecule has 156 valence electrons. The third kappa shape index (κ3) is 6.32. The Labute approximate surface area is 170 Å². The molecule has 2 aromatic rings. The van der Waals surface area contributed by atoms with Crippen molar-refractivity contribution in [1.82, 2.24) is 0 Å². The van der Waals surface area contributed by atoms with E-state index in [2.05, 4.69) is 0 Å². The highest BCUT2D eigenvalue weighted by Crippen LogP contribution is 2.36. The van der Waals surface area contributed by atoms with Crippen LogP contribution in [0, 0.1) is 0 Å². The second-order valence-corrected chi connectivity index (χ2v) is 6.29. The van der Waals surface area contributed by atoms with Crippen LogP contribution in [0.15, 0.2) is 54.3 Å². The van der Waals surface area contributed by atoms with Gasteiger partial charge in [0.1, 0.15) is 23.0 Å². The Bertz CT molecular complexity index is 882. The quantitative estimate of drug-likeness (QED) is 0.455. The number of rotatable bonds is 8. The highest BCUT2D eigenvalue weighted by molar-refractivity contribution is 6.32. The van der Waals surface area contributed by atoms with Crippen molar-refractivity contribution in [3.8, 4) is 17.2 Å². The molecule has 2 N–H and O–H groups in total. The molecule has 0 aromatic heterocycles. The van der Waals surface area contributed by atoms with Crippen molar-refractivity contribution in [1.29, 1.82) is 0 Å². The van der Waals surface area contributed by atoms with Crippen LogP contribution in [0.2, 0.25) is 5.02 Å². The van der Waals surface area contributed by atoms with E-state index in [4.69, 9.17) is 31.5 Å². The number of hydrogen-bond donors (Lipinski definition) is 1. The van der Waals surface area contributed by atoms with Gasteiger partial charge in [-0.25, -0.2) is 0 Å². The molecule has 2 aromatic carbocycles. The van der Waals surface area contributed by atoms with Crippen LogP contribution in [0.25, 0.3) is 0 Å². The molecule has 0 radical (unpaired) electrons. The Hall–Kier alpha value is -2.87. The minimum Gasteiger partial charge on any atom is -0.497 e. The maximum absolute atomic E-state index is 12.7. The summed E-state index contributed by atoms with van der Waals surface area (Å²) in [5.74, 6) is 0.547. The molecule has 29 heavy (non-hydrogen) atoms. The summed E-state index contributed by atoms with van der Waals surface area (Å²) < 4.78 is 54.6. The average Bonchev–Trinajstić information content (AvgIpc) is 2.66. The molecular formula is C20H19ClF3NO4. The fourth-order valence-corrected chi connectivity index (χ4v) is 2.62. The first-order valence-electron chi connectivity index (χ1n) is 8.50. The van der Waals surface area contributed by atoms with Crippen LogP contribution >= 0.6 is 11.6 Å². The standard InChI is InChI=1S/C20H19ClF3NO4/c1-3-16(18(27-2)11-19(25)26)28-13-5-7-14(8-6-13)29-17-9-4-12(10-15(17)21)20(22,23)24/h4-11,16H,3H2,1-2H3,(H2,25,26). The molecule has 9 heteroatoms. The molecule has 0 bridgehead atoms. The molecule has 1 atom stereocenters. The number of amides is 1. The summed E-state index contributed by atoms with van der Waals surface area (Å²) in [6.07, 6.45) is -3.34. The summed E-state index contributed by atoms with van der Waals surface area (Å²) in [4.78, 5) is 11.1. The Morgan fingerprint density at radius 3 is 2.28 bits per heavy atom. The van der Waals surface area contributed by atoms with Gasteiger partial charge in [-0.3, -0.25) is 4.79 Å². The van der Waals surface area contributed by atoms with Crippen molar-refractivity contribution in [3.63, 3.8) is 0 Å². The van der Waals surface area contributed by atoms with Gasteiger partial charge >= 0.3 is 6.18 Å². The fraction of sp³-hybridized carbons (Fsp3) is 0.250. The van der Waals surface area contributed by atoms with Gasteiger partial charge in [0, 0.05) is 6.08 Å². The van der Waals surface area contributed by atoms with Gasteiger partial charge in [0.2, 0.25) is 5.91 Å². The van der Waals surface area contributed by atoms with Crippen LogP contribution in [0.5, 0.6) is 17.2 Å². The smallest absolute Gasteiger partial charge is 0.416 e. The fourth-order valence-electron chi connectivity index (χ4n) is 2.40. The lowest BCUT2D eigenvalue weighted by molar-refractivity contribution is -0.137. The largest absolute Gasteiger partial charge is 0.497 e. The van der Waals surface area contributed by atoms with Crippen LogP contribution in [-0.4, -0.2) is 19.1 Å². The van der Waals surface area contributed by atoms with Crippen molar-refractivity contribution >= 4 is 17.5 Å². The molecule has 0 aliphatic carbocycles. The van der Waals surface area contributed by atoms with Crippen LogP contribution in [0.1, 0.15) is 18.9 Å². The van der Waals surface area contributed by atoms with Gasteiger partial charge < -0.3 is 19.9 Å². The van der Waals surface area contributed by atoms with Gasteiger partial charge in [0.15, 0.2) is 6.10 Å². The molecule has 1 amide bonds. The maximum atomic E-state index is 12.7. The second kappa shape index (κ2) is 9.56. The van der Waals surface area contributed by atoms with Crippen molar-refractivity contribution in [2.45, 2.75) is 25.6 Å². The number of halogens is 4. The normalized spacial score (nSPS) is 13.0. The molecule has 0 fully saturated rings. The SMILES string of the molecule is CCC(Oc1ccc(Oc2ccc(C(F)(F)F)cc2Cl)cc1)C(=CC(N)=O)OC. The van der Waals surface area contributed by atoms with Crippen molar-refractivity contribution in [2.24, 2.45) is 5.73 Å². The van der Waals surface area contributed by atoms with E-state index in [-0.39, 0.29) is 16.5 Å². The molecular weight excluding hydrogens is 411 g/mol. The molecule has 0 spiro atoms. The third-order valence-electron chi connectivity index (χ3n) is 3.80. The first-order valence-corrected chi connectivity index (χ1v) is 8.88. The van der Waals surface area contributed by atoms with E-state index < -0.39 is 23.8 Å². The zero-order chi connectivity index (χ0) is 21.6. The van der Waals surface area contributed by atoms with E-state index in [1.165, 1.54) is 7.11 Å². The van der Waals surface area contributed by atoms with Gasteiger partial charge in [-0.2, -0.15) is 13.2 Å². The van der Waals surface area contributed by atoms with E-state index in [1.807, 2.05) is 6.92 Å². The molecule has 5 nitrogen and oxygen atoms in total. The van der Waals surface area contributed by atoms with Crippen molar-refractivity contribution in [2.75, 3.05) is 7.11 Å². The molecule has 0 saturated heterocycles. The van der Waals surface area contributed by atoms with Crippen LogP contribution in [-0.2, 0) is 15.7 Å². The van der Waals surface area contributed by atoms with Crippen molar-refractivity contribution < 1.29 is 32.2 Å². The second-order valence-electron chi connectivity index (χ2n) is 5.88. The van der Waals surface area contributed by atoms with Gasteiger partial charge in [-0.15, -0.1) is 0 Å². The number of primary amides is 1. The number of benzene rings is 2. The Morgan fingerprint density at radius 2 is 1.79 bits per heavy atom. The Kier molecular flexibility index (Phi) is 7.39. The molecule has 0 saturated carbocycles. The lowest BCUT2D eigenvalue weighted by atomic mass is 10.2. The molecule has 0 heterocycles. The number of hydrogen-bond acceptors (Lipinski definition) is 4. The van der Waals surface area contributed by atoms with E-state index in [1.54, 1.807) is 24.3 Å². The van der Waals surface area contributed by atoms with Crippen LogP contribution < -0.4 is 15.2 Å². The molecule has 2 rings (SSSR count). The number of nitrogens with two attached hydrogens (primary N) is 1. The molecule has 0 aliphatic rings. The van der Waals surface area contributed by atoms with E-state index in [0.717, 1.165) is 24.3 Å². The lowest BCUT2D eigenvalue weighted by Gasteiger charge is -2.19. The zero-order valence-corrected chi connectivity index (χ0v) is 16.4. The Morgan fingerprint density at radius 1 is 1.17 bits per heavy atom. The maximum Gasteiger partial charge on any atom is 0.416 e. The first-order chi connectivity index (χ1) is 13.6. The zero-order valence-electron chi connectivity index (χ0n) is 15.6. The highest BCUT2D eigenvalue weighted by Gasteiger charge is 2.31. The summed E-state index contributed by atoms with van der Waals surface area (Å²) in [6, 6.07) is 9.20. The summed E-state index contributed by atoms with van der Waals surface area (Å²) >= 11 is 5.89. The average molecular weight is 430 g/mol. The minimum atomic E-state index is -4.49. The van der Waals surface area contributed by atoms with Gasteiger partial charge in [0.25, 0.3) is 0 Å². The van der Waals surface area contributed by atoms with Gasteiger partial charge in [-0.05, 0) is 48.9 Å².